The zero-order valence-electron chi connectivity index (χ0n) is 8.32. The average molecular weight is 218 g/mol. The first-order valence-corrected chi connectivity index (χ1v) is 6.14. The van der Waals surface area contributed by atoms with Crippen LogP contribution >= 0.6 is 24.0 Å². The van der Waals surface area contributed by atoms with Gasteiger partial charge in [-0.2, -0.15) is 11.8 Å². The number of nitrogens with zero attached hydrogens (tertiary/aromatic N) is 1. The number of hydrogen-bond donors (Lipinski definition) is 1. The second-order valence-electron chi connectivity index (χ2n) is 3.71. The van der Waals surface area contributed by atoms with E-state index in [0.717, 1.165) is 23.6 Å². The van der Waals surface area contributed by atoms with Gasteiger partial charge in [-0.1, -0.05) is 13.8 Å². The summed E-state index contributed by atoms with van der Waals surface area (Å²) in [5, 5.41) is 2.11. The third kappa shape index (κ3) is 3.73. The monoisotopic (exact) mass is 218 g/mol. The molecule has 1 aliphatic heterocycles. The molecule has 4 heteroatoms. The molecule has 13 heavy (non-hydrogen) atoms. The molecule has 2 N–H and O–H groups in total. The molecule has 0 aromatic carbocycles. The topological polar surface area (TPSA) is 29.3 Å². The van der Waals surface area contributed by atoms with Crippen molar-refractivity contribution in [1.29, 1.82) is 0 Å². The quantitative estimate of drug-likeness (QED) is 0.716. The van der Waals surface area contributed by atoms with Gasteiger partial charge in [0.25, 0.3) is 0 Å². The molecule has 0 aromatic heterocycles. The minimum absolute atomic E-state index is 0.563. The van der Waals surface area contributed by atoms with Gasteiger partial charge in [0.2, 0.25) is 0 Å². The molecule has 0 aliphatic carbocycles. The van der Waals surface area contributed by atoms with Gasteiger partial charge in [-0.3, -0.25) is 0 Å². The molecule has 0 aromatic rings. The van der Waals surface area contributed by atoms with Crippen LogP contribution in [-0.2, 0) is 0 Å². The summed E-state index contributed by atoms with van der Waals surface area (Å²) in [5.74, 6) is 0. The van der Waals surface area contributed by atoms with Crippen LogP contribution in [0.2, 0.25) is 0 Å². The van der Waals surface area contributed by atoms with Crippen LogP contribution < -0.4 is 5.73 Å². The van der Waals surface area contributed by atoms with Crippen molar-refractivity contribution in [1.82, 2.24) is 4.90 Å². The molecule has 0 spiro atoms. The number of thioether (sulfide) groups is 1. The Morgan fingerprint density at radius 1 is 1.46 bits per heavy atom. The summed E-state index contributed by atoms with van der Waals surface area (Å²) in [6, 6.07) is 0. The molecular weight excluding hydrogens is 200 g/mol. The molecule has 0 radical (unpaired) electrons. The van der Waals surface area contributed by atoms with E-state index in [2.05, 4.69) is 30.5 Å². The van der Waals surface area contributed by atoms with Crippen LogP contribution in [-0.4, -0.2) is 33.6 Å². The molecule has 1 fully saturated rings. The maximum atomic E-state index is 5.56. The van der Waals surface area contributed by atoms with E-state index in [9.17, 15) is 0 Å². The summed E-state index contributed by atoms with van der Waals surface area (Å²) in [4.78, 5) is 2.10. The zero-order valence-corrected chi connectivity index (χ0v) is 9.96. The van der Waals surface area contributed by atoms with Gasteiger partial charge in [0.1, 0.15) is 0 Å². The lowest BCUT2D eigenvalue weighted by atomic mass is 10.1. The van der Waals surface area contributed by atoms with E-state index in [1.807, 2.05) is 0 Å². The van der Waals surface area contributed by atoms with E-state index in [4.69, 9.17) is 18.0 Å². The molecular formula is C9H18N2S2. The fourth-order valence-corrected chi connectivity index (χ4v) is 3.03. The van der Waals surface area contributed by atoms with Gasteiger partial charge >= 0.3 is 0 Å². The second kappa shape index (κ2) is 5.05. The van der Waals surface area contributed by atoms with Gasteiger partial charge in [-0.25, -0.2) is 0 Å². The summed E-state index contributed by atoms with van der Waals surface area (Å²) < 4.78 is 0. The van der Waals surface area contributed by atoms with Gasteiger partial charge in [0, 0.05) is 18.3 Å². The van der Waals surface area contributed by atoms with Crippen molar-refractivity contribution < 1.29 is 0 Å². The fraction of sp³-hybridized carbons (Fsp3) is 0.889. The fourth-order valence-electron chi connectivity index (χ4n) is 1.60. The standard InChI is InChI=1S/C9H18N2S2/c1-7(2)13-8-3-5-11(6-4-8)9(10)12/h7-8H,3-6H2,1-2H3,(H2,10,12). The first-order valence-electron chi connectivity index (χ1n) is 4.79. The SMILES string of the molecule is CC(C)SC1CCN(C(N)=S)CC1. The lowest BCUT2D eigenvalue weighted by Crippen LogP contribution is -2.42. The van der Waals surface area contributed by atoms with Crippen LogP contribution in [0.25, 0.3) is 0 Å². The summed E-state index contributed by atoms with van der Waals surface area (Å²) >= 11 is 7.02. The van der Waals surface area contributed by atoms with Crippen LogP contribution in [0.15, 0.2) is 0 Å². The number of piperidine rings is 1. The smallest absolute Gasteiger partial charge is 0.166 e. The summed E-state index contributed by atoms with van der Waals surface area (Å²) in [5.41, 5.74) is 5.56. The normalized spacial score (nSPS) is 19.5. The van der Waals surface area contributed by atoms with Gasteiger partial charge in [-0.05, 0) is 30.3 Å². The first-order chi connectivity index (χ1) is 6.09. The Hall–Kier alpha value is 0.0400. The molecule has 0 atom stereocenters. The van der Waals surface area contributed by atoms with Crippen molar-refractivity contribution in [2.24, 2.45) is 5.73 Å². The summed E-state index contributed by atoms with van der Waals surface area (Å²) in [6.07, 6.45) is 2.44. The molecule has 1 saturated heterocycles. The van der Waals surface area contributed by atoms with E-state index in [1.54, 1.807) is 0 Å². The third-order valence-electron chi connectivity index (χ3n) is 2.22. The summed E-state index contributed by atoms with van der Waals surface area (Å²) in [7, 11) is 0. The molecule has 2 nitrogen and oxygen atoms in total. The molecule has 0 amide bonds. The van der Waals surface area contributed by atoms with Crippen LogP contribution in [0.4, 0.5) is 0 Å². The Kier molecular flexibility index (Phi) is 4.32. The van der Waals surface area contributed by atoms with E-state index in [-0.39, 0.29) is 0 Å². The Morgan fingerprint density at radius 3 is 2.38 bits per heavy atom. The number of likely N-dealkylation sites (tertiary alicyclic amines) is 1. The van der Waals surface area contributed by atoms with E-state index < -0.39 is 0 Å². The Labute approximate surface area is 90.2 Å². The van der Waals surface area contributed by atoms with Crippen molar-refractivity contribution in [3.8, 4) is 0 Å². The minimum atomic E-state index is 0.563. The van der Waals surface area contributed by atoms with E-state index >= 15 is 0 Å². The Morgan fingerprint density at radius 2 is 2.00 bits per heavy atom. The zero-order chi connectivity index (χ0) is 9.84. The molecule has 0 unspecified atom stereocenters. The second-order valence-corrected chi connectivity index (χ2v) is 6.01. The van der Waals surface area contributed by atoms with Gasteiger partial charge < -0.3 is 10.6 Å². The number of nitrogens with two attached hydrogens (primary N) is 1. The van der Waals surface area contributed by atoms with Crippen molar-refractivity contribution in [3.05, 3.63) is 0 Å². The third-order valence-corrected chi connectivity index (χ3v) is 3.88. The van der Waals surface area contributed by atoms with Crippen LogP contribution in [0.5, 0.6) is 0 Å². The van der Waals surface area contributed by atoms with E-state index in [0.29, 0.717) is 5.11 Å². The Bertz CT molecular complexity index is 174. The average Bonchev–Trinajstić information content (AvgIpc) is 2.04. The first kappa shape index (κ1) is 11.1. The highest BCUT2D eigenvalue weighted by Crippen LogP contribution is 2.26. The number of hydrogen-bond acceptors (Lipinski definition) is 2. The van der Waals surface area contributed by atoms with Crippen molar-refractivity contribution in [3.63, 3.8) is 0 Å². The van der Waals surface area contributed by atoms with Crippen molar-refractivity contribution in [2.75, 3.05) is 13.1 Å². The predicted octanol–water partition coefficient (Wildman–Crippen LogP) is 1.84. The van der Waals surface area contributed by atoms with Gasteiger partial charge in [-0.15, -0.1) is 0 Å². The molecule has 76 valence electrons. The van der Waals surface area contributed by atoms with Crippen LogP contribution in [0.3, 0.4) is 0 Å². The largest absolute Gasteiger partial charge is 0.376 e. The lowest BCUT2D eigenvalue weighted by Gasteiger charge is -2.32. The molecule has 0 saturated carbocycles. The Balaban J connectivity index is 2.26. The lowest BCUT2D eigenvalue weighted by molar-refractivity contribution is 0.350. The van der Waals surface area contributed by atoms with Gasteiger partial charge in [0.15, 0.2) is 5.11 Å². The number of thiocarbonyl (C=S) groups is 1. The molecule has 1 rings (SSSR count). The maximum absolute atomic E-state index is 5.56. The molecule has 0 bridgehead atoms. The number of rotatable bonds is 2. The summed E-state index contributed by atoms with van der Waals surface area (Å²) in [6.45, 7) is 6.59. The van der Waals surface area contributed by atoms with Gasteiger partial charge in [0.05, 0.1) is 0 Å². The maximum Gasteiger partial charge on any atom is 0.166 e. The molecule has 1 heterocycles. The highest BCUT2D eigenvalue weighted by Gasteiger charge is 2.20. The van der Waals surface area contributed by atoms with Crippen molar-refractivity contribution >= 4 is 29.1 Å². The molecule has 1 aliphatic rings. The predicted molar refractivity (Wildman–Crippen MR) is 64.1 cm³/mol. The van der Waals surface area contributed by atoms with E-state index in [1.165, 1.54) is 12.8 Å². The van der Waals surface area contributed by atoms with Crippen LogP contribution in [0, 0.1) is 0 Å². The highest BCUT2D eigenvalue weighted by molar-refractivity contribution is 8.00. The highest BCUT2D eigenvalue weighted by atomic mass is 32.2. The minimum Gasteiger partial charge on any atom is -0.376 e. The van der Waals surface area contributed by atoms with Crippen molar-refractivity contribution in [2.45, 2.75) is 37.2 Å². The van der Waals surface area contributed by atoms with Crippen LogP contribution in [0.1, 0.15) is 26.7 Å².